The van der Waals surface area contributed by atoms with Crippen molar-refractivity contribution in [3.8, 4) is 5.75 Å². The highest BCUT2D eigenvalue weighted by Gasteiger charge is 2.04. The third-order valence-corrected chi connectivity index (χ3v) is 2.61. The molecule has 0 atom stereocenters. The number of halogens is 1. The number of hydrogen-bond acceptors (Lipinski definition) is 3. The van der Waals surface area contributed by atoms with E-state index in [2.05, 4.69) is 4.98 Å². The highest BCUT2D eigenvalue weighted by Crippen LogP contribution is 2.21. The number of aromatic nitrogens is 1. The van der Waals surface area contributed by atoms with E-state index in [0.29, 0.717) is 23.1 Å². The van der Waals surface area contributed by atoms with Crippen LogP contribution in [0.4, 0.5) is 0 Å². The molecule has 0 fully saturated rings. The molecule has 1 aromatic heterocycles. The van der Waals surface area contributed by atoms with E-state index in [1.807, 2.05) is 6.07 Å². The molecular formula is C13H11ClN2O2. The van der Waals surface area contributed by atoms with Crippen LogP contribution in [0.15, 0.2) is 42.6 Å². The van der Waals surface area contributed by atoms with E-state index in [4.69, 9.17) is 22.1 Å². The van der Waals surface area contributed by atoms with E-state index in [1.54, 1.807) is 36.5 Å². The van der Waals surface area contributed by atoms with Gasteiger partial charge in [-0.1, -0.05) is 23.7 Å². The lowest BCUT2D eigenvalue weighted by molar-refractivity contribution is 0.1000. The molecule has 5 heteroatoms. The first-order valence-corrected chi connectivity index (χ1v) is 5.66. The average molecular weight is 263 g/mol. The fourth-order valence-corrected chi connectivity index (χ4v) is 1.63. The van der Waals surface area contributed by atoms with E-state index < -0.39 is 5.91 Å². The van der Waals surface area contributed by atoms with E-state index in [0.717, 1.165) is 5.56 Å². The largest absolute Gasteiger partial charge is 0.486 e. The molecular weight excluding hydrogens is 252 g/mol. The van der Waals surface area contributed by atoms with E-state index in [9.17, 15) is 4.79 Å². The highest BCUT2D eigenvalue weighted by atomic mass is 35.5. The summed E-state index contributed by atoms with van der Waals surface area (Å²) in [5.41, 5.74) is 6.49. The van der Waals surface area contributed by atoms with Gasteiger partial charge >= 0.3 is 0 Å². The number of rotatable bonds is 4. The fourth-order valence-electron chi connectivity index (χ4n) is 1.45. The SMILES string of the molecule is NC(=O)c1cccc(COc2cccnc2Cl)c1. The number of carbonyl (C=O) groups is 1. The van der Waals surface area contributed by atoms with Crippen molar-refractivity contribution < 1.29 is 9.53 Å². The van der Waals surface area contributed by atoms with Crippen LogP contribution < -0.4 is 10.5 Å². The zero-order valence-corrected chi connectivity index (χ0v) is 10.2. The summed E-state index contributed by atoms with van der Waals surface area (Å²) in [6, 6.07) is 10.4. The predicted molar refractivity (Wildman–Crippen MR) is 68.5 cm³/mol. The number of nitrogens with zero attached hydrogens (tertiary/aromatic N) is 1. The number of nitrogens with two attached hydrogens (primary N) is 1. The first-order chi connectivity index (χ1) is 8.66. The summed E-state index contributed by atoms with van der Waals surface area (Å²) in [6.07, 6.45) is 1.59. The van der Waals surface area contributed by atoms with Crippen LogP contribution in [-0.2, 0) is 6.61 Å². The van der Waals surface area contributed by atoms with E-state index in [-0.39, 0.29) is 0 Å². The molecule has 1 aromatic carbocycles. The van der Waals surface area contributed by atoms with Gasteiger partial charge in [-0.15, -0.1) is 0 Å². The number of amides is 1. The lowest BCUT2D eigenvalue weighted by atomic mass is 10.1. The number of ether oxygens (including phenoxy) is 1. The van der Waals surface area contributed by atoms with Gasteiger partial charge in [0.25, 0.3) is 0 Å². The van der Waals surface area contributed by atoms with Crippen LogP contribution >= 0.6 is 11.6 Å². The van der Waals surface area contributed by atoms with E-state index >= 15 is 0 Å². The number of primary amides is 1. The molecule has 0 bridgehead atoms. The van der Waals surface area contributed by atoms with Gasteiger partial charge in [0.2, 0.25) is 5.91 Å². The summed E-state index contributed by atoms with van der Waals surface area (Å²) in [4.78, 5) is 14.9. The average Bonchev–Trinajstić information content (AvgIpc) is 2.38. The fraction of sp³-hybridized carbons (Fsp3) is 0.0769. The van der Waals surface area contributed by atoms with Crippen molar-refractivity contribution in [3.63, 3.8) is 0 Å². The van der Waals surface area contributed by atoms with Crippen LogP contribution in [-0.4, -0.2) is 10.9 Å². The third kappa shape index (κ3) is 2.99. The molecule has 0 radical (unpaired) electrons. The van der Waals surface area contributed by atoms with Crippen LogP contribution in [0.3, 0.4) is 0 Å². The van der Waals surface area contributed by atoms with Gasteiger partial charge in [-0.2, -0.15) is 0 Å². The first-order valence-electron chi connectivity index (χ1n) is 5.29. The van der Waals surface area contributed by atoms with Crippen molar-refractivity contribution in [1.29, 1.82) is 0 Å². The Morgan fingerprint density at radius 3 is 2.89 bits per heavy atom. The maximum absolute atomic E-state index is 11.0. The van der Waals surface area contributed by atoms with Gasteiger partial charge in [0.05, 0.1) is 0 Å². The maximum atomic E-state index is 11.0. The van der Waals surface area contributed by atoms with Crippen molar-refractivity contribution in [3.05, 3.63) is 58.9 Å². The van der Waals surface area contributed by atoms with Crippen LogP contribution in [0.25, 0.3) is 0 Å². The van der Waals surface area contributed by atoms with Crippen molar-refractivity contribution >= 4 is 17.5 Å². The molecule has 2 rings (SSSR count). The van der Waals surface area contributed by atoms with Gasteiger partial charge < -0.3 is 10.5 Å². The van der Waals surface area contributed by atoms with Gasteiger partial charge in [0.1, 0.15) is 6.61 Å². The second kappa shape index (κ2) is 5.51. The second-order valence-electron chi connectivity index (χ2n) is 3.65. The molecule has 1 heterocycles. The van der Waals surface area contributed by atoms with Crippen molar-refractivity contribution in [2.45, 2.75) is 6.61 Å². The summed E-state index contributed by atoms with van der Waals surface area (Å²) >= 11 is 5.86. The molecule has 2 aromatic rings. The normalized spacial score (nSPS) is 10.1. The number of carbonyl (C=O) groups excluding carboxylic acids is 1. The summed E-state index contributed by atoms with van der Waals surface area (Å²) in [7, 11) is 0. The zero-order chi connectivity index (χ0) is 13.0. The minimum absolute atomic E-state index is 0.298. The molecule has 0 saturated heterocycles. The Hall–Kier alpha value is -2.07. The summed E-state index contributed by atoms with van der Waals surface area (Å²) in [5.74, 6) is 0.0416. The molecule has 4 nitrogen and oxygen atoms in total. The maximum Gasteiger partial charge on any atom is 0.248 e. The van der Waals surface area contributed by atoms with Gasteiger partial charge in [0, 0.05) is 11.8 Å². The third-order valence-electron chi connectivity index (χ3n) is 2.33. The lowest BCUT2D eigenvalue weighted by Gasteiger charge is -2.07. The summed E-state index contributed by atoms with van der Waals surface area (Å²) < 4.78 is 5.51. The topological polar surface area (TPSA) is 65.2 Å². The van der Waals surface area contributed by atoms with Crippen LogP contribution in [0, 0.1) is 0 Å². The second-order valence-corrected chi connectivity index (χ2v) is 4.00. The Balaban J connectivity index is 2.09. The van der Waals surface area contributed by atoms with Crippen molar-refractivity contribution in [2.24, 2.45) is 5.73 Å². The number of pyridine rings is 1. The molecule has 0 unspecified atom stereocenters. The molecule has 0 aliphatic carbocycles. The van der Waals surface area contributed by atoms with Crippen LogP contribution in [0.1, 0.15) is 15.9 Å². The Bertz CT molecular complexity index is 572. The monoisotopic (exact) mass is 262 g/mol. The Labute approximate surface area is 109 Å². The van der Waals surface area contributed by atoms with Gasteiger partial charge in [-0.3, -0.25) is 4.79 Å². The van der Waals surface area contributed by atoms with Gasteiger partial charge in [-0.05, 0) is 29.8 Å². The molecule has 0 saturated carbocycles. The van der Waals surface area contributed by atoms with Crippen molar-refractivity contribution in [1.82, 2.24) is 4.98 Å². The Kier molecular flexibility index (Phi) is 3.79. The molecule has 92 valence electrons. The molecule has 1 amide bonds. The first kappa shape index (κ1) is 12.4. The molecule has 18 heavy (non-hydrogen) atoms. The number of benzene rings is 1. The summed E-state index contributed by atoms with van der Waals surface area (Å²) in [5, 5.41) is 0.309. The van der Waals surface area contributed by atoms with E-state index in [1.165, 1.54) is 0 Å². The minimum atomic E-state index is -0.462. The zero-order valence-electron chi connectivity index (χ0n) is 9.47. The van der Waals surface area contributed by atoms with Crippen molar-refractivity contribution in [2.75, 3.05) is 0 Å². The number of hydrogen-bond donors (Lipinski definition) is 1. The van der Waals surface area contributed by atoms with Crippen LogP contribution in [0.5, 0.6) is 5.75 Å². The smallest absolute Gasteiger partial charge is 0.248 e. The van der Waals surface area contributed by atoms with Gasteiger partial charge in [0.15, 0.2) is 10.9 Å². The standard InChI is InChI=1S/C13H11ClN2O2/c14-12-11(5-2-6-16-12)18-8-9-3-1-4-10(7-9)13(15)17/h1-7H,8H2,(H2,15,17). The molecule has 0 aliphatic heterocycles. The Morgan fingerprint density at radius 2 is 2.17 bits per heavy atom. The van der Waals surface area contributed by atoms with Crippen LogP contribution in [0.2, 0.25) is 5.15 Å². The summed E-state index contributed by atoms with van der Waals surface area (Å²) in [6.45, 7) is 0.298. The van der Waals surface area contributed by atoms with Gasteiger partial charge in [-0.25, -0.2) is 4.98 Å². The minimum Gasteiger partial charge on any atom is -0.486 e. The quantitative estimate of drug-likeness (QED) is 0.861. The lowest BCUT2D eigenvalue weighted by Crippen LogP contribution is -2.11. The molecule has 2 N–H and O–H groups in total. The predicted octanol–water partition coefficient (Wildman–Crippen LogP) is 2.41. The Morgan fingerprint density at radius 1 is 1.33 bits per heavy atom. The highest BCUT2D eigenvalue weighted by molar-refractivity contribution is 6.30. The molecule has 0 aliphatic rings. The molecule has 0 spiro atoms.